The van der Waals surface area contributed by atoms with Gasteiger partial charge in [0.25, 0.3) is 0 Å². The number of hydrogen-bond donors (Lipinski definition) is 11. The summed E-state index contributed by atoms with van der Waals surface area (Å²) in [5.74, 6) is 0. The quantitative estimate of drug-likeness (QED) is 0.163. The third kappa shape index (κ3) is 5.10. The molecule has 200 valence electrons. The van der Waals surface area contributed by atoms with Crippen molar-refractivity contribution in [2.75, 3.05) is 20.2 Å². The molecule has 15 atom stereocenters. The number of nitrogens with one attached hydrogen (secondary N) is 1. The van der Waals surface area contributed by atoms with Crippen LogP contribution in [-0.4, -0.2) is 142 Å². The average molecular weight is 498 g/mol. The lowest BCUT2D eigenvalue weighted by atomic mass is 9.81. The lowest BCUT2D eigenvalue weighted by molar-refractivity contribution is -0.319. The Morgan fingerprint density at radius 1 is 0.853 bits per heavy atom. The fraction of sp³-hybridized carbons (Fsp3) is 1.00. The fourth-order valence-electron chi connectivity index (χ4n) is 4.78. The Labute approximate surface area is 196 Å². The standard InChI is InChI=1S/C19H39N5O10/c1-19(30)4-31-18(13(29)16(19)24-2)34-15-7(22)10(26)6(21)14(12(15)28)33-17-8(23)11(27)9(25)5(3-20)32-17/h5-18,24-30H,3-4,20-23H2,1-2H3. The second-order valence-corrected chi connectivity index (χ2v) is 9.47. The van der Waals surface area contributed by atoms with Gasteiger partial charge in [-0.2, -0.15) is 0 Å². The Kier molecular flexibility index (Phi) is 8.88. The van der Waals surface area contributed by atoms with Gasteiger partial charge in [-0.25, -0.2) is 0 Å². The van der Waals surface area contributed by atoms with Gasteiger partial charge in [0.2, 0.25) is 0 Å². The predicted molar refractivity (Wildman–Crippen MR) is 115 cm³/mol. The second-order valence-electron chi connectivity index (χ2n) is 9.47. The summed E-state index contributed by atoms with van der Waals surface area (Å²) in [6.07, 6.45) is -13.4. The molecule has 3 aliphatic rings. The molecule has 15 N–H and O–H groups in total. The monoisotopic (exact) mass is 497 g/mol. The fourth-order valence-corrected chi connectivity index (χ4v) is 4.78. The number of aliphatic hydroxyl groups is 6. The summed E-state index contributed by atoms with van der Waals surface area (Å²) in [5, 5.41) is 65.8. The van der Waals surface area contributed by atoms with Gasteiger partial charge < -0.3 is 77.8 Å². The summed E-state index contributed by atoms with van der Waals surface area (Å²) in [6, 6.07) is -4.44. The van der Waals surface area contributed by atoms with E-state index in [1.807, 2.05) is 0 Å². The minimum Gasteiger partial charge on any atom is -0.390 e. The van der Waals surface area contributed by atoms with E-state index in [4.69, 9.17) is 41.9 Å². The van der Waals surface area contributed by atoms with Gasteiger partial charge in [-0.3, -0.25) is 0 Å². The van der Waals surface area contributed by atoms with Crippen molar-refractivity contribution in [1.82, 2.24) is 5.32 Å². The van der Waals surface area contributed by atoms with Crippen LogP contribution in [0.15, 0.2) is 0 Å². The highest BCUT2D eigenvalue weighted by Gasteiger charge is 2.54. The molecule has 2 saturated heterocycles. The lowest BCUT2D eigenvalue weighted by Crippen LogP contribution is -2.73. The zero-order chi connectivity index (χ0) is 25.5. The maximum absolute atomic E-state index is 11.0. The van der Waals surface area contributed by atoms with E-state index < -0.39 is 91.2 Å². The van der Waals surface area contributed by atoms with Gasteiger partial charge in [0.1, 0.15) is 48.3 Å². The second kappa shape index (κ2) is 10.8. The number of rotatable bonds is 6. The first-order valence-electron chi connectivity index (χ1n) is 11.2. The highest BCUT2D eigenvalue weighted by atomic mass is 16.7. The molecule has 0 bridgehead atoms. The summed E-state index contributed by atoms with van der Waals surface area (Å²) in [4.78, 5) is 0. The molecule has 0 radical (unpaired) electrons. The third-order valence-electron chi connectivity index (χ3n) is 6.93. The first-order chi connectivity index (χ1) is 15.8. The Morgan fingerprint density at radius 3 is 1.94 bits per heavy atom. The zero-order valence-electron chi connectivity index (χ0n) is 19.1. The van der Waals surface area contributed by atoms with Crippen molar-refractivity contribution in [1.29, 1.82) is 0 Å². The van der Waals surface area contributed by atoms with Crippen LogP contribution in [0.4, 0.5) is 0 Å². The van der Waals surface area contributed by atoms with Crippen LogP contribution in [0.5, 0.6) is 0 Å². The van der Waals surface area contributed by atoms with Crippen molar-refractivity contribution in [2.45, 2.75) is 98.1 Å². The highest BCUT2D eigenvalue weighted by molar-refractivity contribution is 5.06. The molecule has 1 saturated carbocycles. The normalized spacial score (nSPS) is 54.7. The van der Waals surface area contributed by atoms with Crippen molar-refractivity contribution >= 4 is 0 Å². The number of ether oxygens (including phenoxy) is 4. The molecule has 0 aromatic rings. The molecule has 3 rings (SSSR count). The predicted octanol–water partition coefficient (Wildman–Crippen LogP) is -7.06. The first kappa shape index (κ1) is 28.0. The van der Waals surface area contributed by atoms with E-state index in [1.165, 1.54) is 6.92 Å². The van der Waals surface area contributed by atoms with Crippen molar-refractivity contribution in [3.63, 3.8) is 0 Å². The summed E-state index contributed by atoms with van der Waals surface area (Å²) < 4.78 is 22.5. The van der Waals surface area contributed by atoms with Crippen LogP contribution in [0.3, 0.4) is 0 Å². The molecule has 0 amide bonds. The zero-order valence-corrected chi connectivity index (χ0v) is 19.1. The number of hydrogen-bond acceptors (Lipinski definition) is 15. The minimum absolute atomic E-state index is 0.142. The highest BCUT2D eigenvalue weighted by Crippen LogP contribution is 2.31. The van der Waals surface area contributed by atoms with Crippen LogP contribution in [0.1, 0.15) is 6.92 Å². The van der Waals surface area contributed by atoms with Crippen LogP contribution in [0.25, 0.3) is 0 Å². The van der Waals surface area contributed by atoms with Crippen molar-refractivity contribution in [3.05, 3.63) is 0 Å². The number of nitrogens with two attached hydrogens (primary N) is 4. The summed E-state index contributed by atoms with van der Waals surface area (Å²) in [6.45, 7) is 1.15. The van der Waals surface area contributed by atoms with Crippen LogP contribution >= 0.6 is 0 Å². The van der Waals surface area contributed by atoms with Crippen LogP contribution in [0, 0.1) is 0 Å². The Morgan fingerprint density at radius 2 is 1.41 bits per heavy atom. The molecule has 1 aliphatic carbocycles. The van der Waals surface area contributed by atoms with Gasteiger partial charge in [0, 0.05) is 6.54 Å². The van der Waals surface area contributed by atoms with Crippen LogP contribution < -0.4 is 28.3 Å². The maximum atomic E-state index is 11.0. The molecular formula is C19H39N5O10. The van der Waals surface area contributed by atoms with E-state index in [0.717, 1.165) is 0 Å². The molecule has 0 aromatic heterocycles. The first-order valence-corrected chi connectivity index (χ1v) is 11.2. The number of likely N-dealkylation sites (N-methyl/N-ethyl adjacent to an activating group) is 1. The van der Waals surface area contributed by atoms with Crippen molar-refractivity contribution in [3.8, 4) is 0 Å². The molecule has 3 fully saturated rings. The third-order valence-corrected chi connectivity index (χ3v) is 6.93. The Bertz CT molecular complexity index is 677. The Balaban J connectivity index is 1.76. The van der Waals surface area contributed by atoms with Gasteiger partial charge in [-0.05, 0) is 14.0 Å². The van der Waals surface area contributed by atoms with E-state index in [-0.39, 0.29) is 13.2 Å². The number of aliphatic hydroxyl groups excluding tert-OH is 5. The lowest BCUT2D eigenvalue weighted by Gasteiger charge is -2.50. The van der Waals surface area contributed by atoms with Gasteiger partial charge in [0.05, 0.1) is 36.9 Å². The van der Waals surface area contributed by atoms with Crippen molar-refractivity contribution in [2.24, 2.45) is 22.9 Å². The molecule has 15 nitrogen and oxygen atoms in total. The molecule has 15 heteroatoms. The smallest absolute Gasteiger partial charge is 0.185 e. The molecule has 2 aliphatic heterocycles. The molecule has 0 aromatic carbocycles. The molecular weight excluding hydrogens is 458 g/mol. The van der Waals surface area contributed by atoms with E-state index in [2.05, 4.69) is 5.32 Å². The van der Waals surface area contributed by atoms with Gasteiger partial charge in [-0.1, -0.05) is 0 Å². The average Bonchev–Trinajstić information content (AvgIpc) is 2.79. The molecule has 34 heavy (non-hydrogen) atoms. The Hall–Kier alpha value is -0.600. The van der Waals surface area contributed by atoms with Gasteiger partial charge >= 0.3 is 0 Å². The molecule has 0 spiro atoms. The molecule has 15 unspecified atom stereocenters. The largest absolute Gasteiger partial charge is 0.390 e. The SMILES string of the molecule is CNC1C(O)C(OC2C(N)C(O)C(N)C(OC3OC(CN)C(O)C(O)C3N)C2O)OCC1(C)O. The summed E-state index contributed by atoms with van der Waals surface area (Å²) in [5.41, 5.74) is 22.3. The van der Waals surface area contributed by atoms with E-state index >= 15 is 0 Å². The van der Waals surface area contributed by atoms with Crippen molar-refractivity contribution < 1.29 is 49.6 Å². The summed E-state index contributed by atoms with van der Waals surface area (Å²) >= 11 is 0. The maximum Gasteiger partial charge on any atom is 0.185 e. The van der Waals surface area contributed by atoms with Crippen LogP contribution in [-0.2, 0) is 18.9 Å². The summed E-state index contributed by atoms with van der Waals surface area (Å²) in [7, 11) is 1.55. The van der Waals surface area contributed by atoms with Gasteiger partial charge in [-0.15, -0.1) is 0 Å². The van der Waals surface area contributed by atoms with E-state index in [9.17, 15) is 30.6 Å². The van der Waals surface area contributed by atoms with Gasteiger partial charge in [0.15, 0.2) is 12.6 Å². The van der Waals surface area contributed by atoms with E-state index in [0.29, 0.717) is 0 Å². The molecule has 2 heterocycles. The van der Waals surface area contributed by atoms with Crippen LogP contribution in [0.2, 0.25) is 0 Å². The topological polar surface area (TPSA) is 274 Å². The minimum atomic E-state index is -1.55. The van der Waals surface area contributed by atoms with E-state index in [1.54, 1.807) is 7.05 Å².